The summed E-state index contributed by atoms with van der Waals surface area (Å²) in [7, 11) is 1.81. The Labute approximate surface area is 109 Å². The van der Waals surface area contributed by atoms with Crippen LogP contribution in [0.1, 0.15) is 23.6 Å². The van der Waals surface area contributed by atoms with Crippen LogP contribution >= 0.6 is 11.6 Å². The Morgan fingerprint density at radius 1 is 1.41 bits per heavy atom. The lowest BCUT2D eigenvalue weighted by Gasteiger charge is -2.23. The van der Waals surface area contributed by atoms with E-state index in [9.17, 15) is 4.79 Å². The second-order valence-corrected chi connectivity index (χ2v) is 4.92. The zero-order chi connectivity index (χ0) is 13.0. The minimum atomic E-state index is 0.0780. The fourth-order valence-corrected chi connectivity index (χ4v) is 1.83. The van der Waals surface area contributed by atoms with Gasteiger partial charge < -0.3 is 4.90 Å². The lowest BCUT2D eigenvalue weighted by atomic mass is 10.0. The van der Waals surface area contributed by atoms with Gasteiger partial charge in [0.05, 0.1) is 6.42 Å². The predicted molar refractivity (Wildman–Crippen MR) is 72.6 cm³/mol. The molecule has 1 aromatic rings. The van der Waals surface area contributed by atoms with Crippen molar-refractivity contribution in [3.05, 3.63) is 34.9 Å². The summed E-state index contributed by atoms with van der Waals surface area (Å²) in [6, 6.07) is 6.28. The van der Waals surface area contributed by atoms with E-state index >= 15 is 0 Å². The van der Waals surface area contributed by atoms with Gasteiger partial charge in [0.1, 0.15) is 0 Å². The summed E-state index contributed by atoms with van der Waals surface area (Å²) in [5.74, 6) is 0.585. The van der Waals surface area contributed by atoms with Crippen molar-refractivity contribution in [2.45, 2.75) is 33.2 Å². The van der Waals surface area contributed by atoms with Gasteiger partial charge in [0.25, 0.3) is 0 Å². The van der Waals surface area contributed by atoms with Crippen LogP contribution < -0.4 is 0 Å². The summed E-state index contributed by atoms with van der Waals surface area (Å²) in [5, 5.41) is 0. The molecular formula is C14H20ClNO. The lowest BCUT2D eigenvalue weighted by molar-refractivity contribution is -0.130. The number of likely N-dealkylation sites (N-methyl/N-ethyl adjacent to an activating group) is 1. The molecule has 1 amide bonds. The molecule has 2 nitrogen and oxygen atoms in total. The van der Waals surface area contributed by atoms with Crippen LogP contribution in [0, 0.1) is 13.8 Å². The molecule has 0 bridgehead atoms. The number of carbonyl (C=O) groups is 1. The molecule has 1 aromatic carbocycles. The average molecular weight is 254 g/mol. The van der Waals surface area contributed by atoms with Crippen LogP contribution in [0.25, 0.3) is 0 Å². The zero-order valence-corrected chi connectivity index (χ0v) is 11.7. The van der Waals surface area contributed by atoms with Crippen molar-refractivity contribution in [3.8, 4) is 0 Å². The minimum Gasteiger partial charge on any atom is -0.342 e. The molecule has 0 spiro atoms. The summed E-state index contributed by atoms with van der Waals surface area (Å²) < 4.78 is 0. The monoisotopic (exact) mass is 253 g/mol. The first-order valence-corrected chi connectivity index (χ1v) is 6.37. The normalized spacial score (nSPS) is 12.3. The molecule has 0 radical (unpaired) electrons. The first-order chi connectivity index (χ1) is 7.95. The van der Waals surface area contributed by atoms with E-state index in [4.69, 9.17) is 11.6 Å². The van der Waals surface area contributed by atoms with Crippen LogP contribution in [0.4, 0.5) is 0 Å². The lowest BCUT2D eigenvalue weighted by Crippen LogP contribution is -2.37. The van der Waals surface area contributed by atoms with Gasteiger partial charge in [-0.3, -0.25) is 4.79 Å². The molecule has 0 N–H and O–H groups in total. The quantitative estimate of drug-likeness (QED) is 0.756. The Hall–Kier alpha value is -1.02. The summed E-state index contributed by atoms with van der Waals surface area (Å²) >= 11 is 5.76. The van der Waals surface area contributed by atoms with Crippen molar-refractivity contribution < 1.29 is 4.79 Å². The third-order valence-corrected chi connectivity index (χ3v) is 3.57. The molecule has 0 saturated heterocycles. The van der Waals surface area contributed by atoms with Crippen molar-refractivity contribution in [3.63, 3.8) is 0 Å². The first kappa shape index (κ1) is 14.0. The highest BCUT2D eigenvalue weighted by Crippen LogP contribution is 2.13. The van der Waals surface area contributed by atoms with E-state index in [1.54, 1.807) is 11.9 Å². The second kappa shape index (κ2) is 6.06. The highest BCUT2D eigenvalue weighted by atomic mass is 35.5. The van der Waals surface area contributed by atoms with E-state index in [0.29, 0.717) is 12.3 Å². The van der Waals surface area contributed by atoms with E-state index in [1.807, 2.05) is 20.8 Å². The topological polar surface area (TPSA) is 20.3 Å². The SMILES string of the molecule is Cc1ccc(C)c(CC(=O)N(C)C(C)CCl)c1. The maximum absolute atomic E-state index is 12.0. The standard InChI is InChI=1S/C14H20ClNO/c1-10-5-6-11(2)13(7-10)8-14(17)16(4)12(3)9-15/h5-7,12H,8-9H2,1-4H3. The number of halogens is 1. The van der Waals surface area contributed by atoms with Gasteiger partial charge in [-0.05, 0) is 31.9 Å². The van der Waals surface area contributed by atoms with Gasteiger partial charge in [-0.15, -0.1) is 11.6 Å². The largest absolute Gasteiger partial charge is 0.342 e. The smallest absolute Gasteiger partial charge is 0.227 e. The molecule has 1 atom stereocenters. The summed E-state index contributed by atoms with van der Waals surface area (Å²) in [4.78, 5) is 13.8. The summed E-state index contributed by atoms with van der Waals surface area (Å²) in [6.45, 7) is 6.03. The Morgan fingerprint density at radius 2 is 2.06 bits per heavy atom. The van der Waals surface area contributed by atoms with Crippen LogP contribution in [-0.4, -0.2) is 29.8 Å². The molecule has 0 aliphatic carbocycles. The van der Waals surface area contributed by atoms with Crippen molar-refractivity contribution in [1.82, 2.24) is 4.90 Å². The van der Waals surface area contributed by atoms with E-state index in [2.05, 4.69) is 18.2 Å². The molecule has 0 heterocycles. The van der Waals surface area contributed by atoms with Gasteiger partial charge in [-0.1, -0.05) is 23.8 Å². The van der Waals surface area contributed by atoms with E-state index in [-0.39, 0.29) is 11.9 Å². The highest BCUT2D eigenvalue weighted by Gasteiger charge is 2.15. The third kappa shape index (κ3) is 3.74. The Bertz CT molecular complexity index is 403. The molecular weight excluding hydrogens is 234 g/mol. The molecule has 0 aromatic heterocycles. The number of aryl methyl sites for hydroxylation is 2. The van der Waals surface area contributed by atoms with Crippen LogP contribution in [0.5, 0.6) is 0 Å². The van der Waals surface area contributed by atoms with Crippen LogP contribution in [0.3, 0.4) is 0 Å². The van der Waals surface area contributed by atoms with Gasteiger partial charge in [0, 0.05) is 19.0 Å². The Kier molecular flexibility index (Phi) is 5.01. The second-order valence-electron chi connectivity index (χ2n) is 4.61. The first-order valence-electron chi connectivity index (χ1n) is 5.83. The molecule has 0 aliphatic rings. The minimum absolute atomic E-state index is 0.0780. The number of carbonyl (C=O) groups excluding carboxylic acids is 1. The molecule has 3 heteroatoms. The van der Waals surface area contributed by atoms with Crippen LogP contribution in [0.15, 0.2) is 18.2 Å². The number of benzene rings is 1. The van der Waals surface area contributed by atoms with Crippen molar-refractivity contribution in [2.24, 2.45) is 0 Å². The van der Waals surface area contributed by atoms with Gasteiger partial charge in [0.2, 0.25) is 5.91 Å². The highest BCUT2D eigenvalue weighted by molar-refractivity contribution is 6.18. The number of hydrogen-bond acceptors (Lipinski definition) is 1. The van der Waals surface area contributed by atoms with E-state index in [0.717, 1.165) is 11.1 Å². The van der Waals surface area contributed by atoms with Crippen LogP contribution in [-0.2, 0) is 11.2 Å². The summed E-state index contributed by atoms with van der Waals surface area (Å²) in [5.41, 5.74) is 3.45. The Balaban J connectivity index is 2.77. The molecule has 0 fully saturated rings. The van der Waals surface area contributed by atoms with Gasteiger partial charge in [0.15, 0.2) is 0 Å². The fraction of sp³-hybridized carbons (Fsp3) is 0.500. The number of rotatable bonds is 4. The van der Waals surface area contributed by atoms with Gasteiger partial charge in [-0.25, -0.2) is 0 Å². The molecule has 1 unspecified atom stereocenters. The van der Waals surface area contributed by atoms with Crippen molar-refractivity contribution >= 4 is 17.5 Å². The maximum Gasteiger partial charge on any atom is 0.227 e. The average Bonchev–Trinajstić information content (AvgIpc) is 2.31. The number of hydrogen-bond donors (Lipinski definition) is 0. The van der Waals surface area contributed by atoms with Crippen molar-refractivity contribution in [1.29, 1.82) is 0 Å². The van der Waals surface area contributed by atoms with E-state index in [1.165, 1.54) is 5.56 Å². The number of nitrogens with zero attached hydrogens (tertiary/aromatic N) is 1. The Morgan fingerprint density at radius 3 is 2.65 bits per heavy atom. The number of amides is 1. The molecule has 17 heavy (non-hydrogen) atoms. The molecule has 1 rings (SSSR count). The number of alkyl halides is 1. The molecule has 0 saturated carbocycles. The van der Waals surface area contributed by atoms with Gasteiger partial charge in [-0.2, -0.15) is 0 Å². The molecule has 94 valence electrons. The zero-order valence-electron chi connectivity index (χ0n) is 11.0. The van der Waals surface area contributed by atoms with Gasteiger partial charge >= 0.3 is 0 Å². The third-order valence-electron chi connectivity index (χ3n) is 3.12. The maximum atomic E-state index is 12.0. The van der Waals surface area contributed by atoms with Crippen molar-refractivity contribution in [2.75, 3.05) is 12.9 Å². The fourth-order valence-electron chi connectivity index (χ4n) is 1.63. The summed E-state index contributed by atoms with van der Waals surface area (Å²) in [6.07, 6.45) is 0.450. The molecule has 0 aliphatic heterocycles. The predicted octanol–water partition coefficient (Wildman–Crippen LogP) is 2.93. The van der Waals surface area contributed by atoms with Crippen LogP contribution in [0.2, 0.25) is 0 Å². The van der Waals surface area contributed by atoms with E-state index < -0.39 is 0 Å².